The normalized spacial score (nSPS) is 11.0. The maximum absolute atomic E-state index is 13.3. The first-order valence-corrected chi connectivity index (χ1v) is 18.3. The van der Waals surface area contributed by atoms with Crippen molar-refractivity contribution in [3.63, 3.8) is 0 Å². The summed E-state index contributed by atoms with van der Waals surface area (Å²) in [6.45, 7) is 8.11. The van der Waals surface area contributed by atoms with Crippen LogP contribution in [0.15, 0.2) is 126 Å². The Kier molecular flexibility index (Phi) is 16.7. The number of hydrogen-bond donors (Lipinski definition) is 0. The molecule has 4 aromatic carbocycles. The average molecular weight is 771 g/mol. The standard InChI is InChI=1S/C44H38N2O9S/c1-3-41(47)53-25-9-7-23-51-35-17-13-31(14-18-35)27-33(29-45)43(49)55-39-21-22-40(38-12-6-5-11-37(38)39)56-44(50)34(30-46)28-32-15-19-36(20-16-32)52-24-8-10-26-54-42(48)4-2/h3-6,11-22,27-28H,1-2,7-10,23-26H2/b33-27+,34-28+. The fourth-order valence-electron chi connectivity index (χ4n) is 4.91. The molecule has 56 heavy (non-hydrogen) atoms. The van der Waals surface area contributed by atoms with Crippen LogP contribution >= 0.6 is 11.8 Å². The van der Waals surface area contributed by atoms with Gasteiger partial charge >= 0.3 is 17.9 Å². The third-order valence-corrected chi connectivity index (χ3v) is 8.73. The van der Waals surface area contributed by atoms with Crippen LogP contribution in [-0.4, -0.2) is 49.5 Å². The smallest absolute Gasteiger partial charge is 0.354 e. The highest BCUT2D eigenvalue weighted by molar-refractivity contribution is 8.14. The van der Waals surface area contributed by atoms with E-state index in [2.05, 4.69) is 13.2 Å². The molecule has 0 aliphatic rings. The summed E-state index contributed by atoms with van der Waals surface area (Å²) in [6.07, 6.45) is 7.78. The lowest BCUT2D eigenvalue weighted by molar-refractivity contribution is -0.138. The Morgan fingerprint density at radius 3 is 1.59 bits per heavy atom. The number of nitrogens with zero attached hydrogens (tertiary/aromatic N) is 2. The molecular weight excluding hydrogens is 733 g/mol. The first kappa shape index (κ1) is 41.9. The van der Waals surface area contributed by atoms with Crippen molar-refractivity contribution < 1.29 is 42.9 Å². The molecule has 0 spiro atoms. The van der Waals surface area contributed by atoms with Gasteiger partial charge in [0.15, 0.2) is 0 Å². The second-order valence-electron chi connectivity index (χ2n) is 11.7. The summed E-state index contributed by atoms with van der Waals surface area (Å²) in [5.74, 6) is -0.373. The first-order chi connectivity index (χ1) is 27.2. The molecule has 0 heterocycles. The maximum atomic E-state index is 13.3. The van der Waals surface area contributed by atoms with Crippen molar-refractivity contribution >= 4 is 57.7 Å². The molecule has 0 amide bonds. The largest absolute Gasteiger partial charge is 0.494 e. The number of carbonyl (C=O) groups excluding carboxylic acids is 4. The second kappa shape index (κ2) is 22.4. The lowest BCUT2D eigenvalue weighted by atomic mass is 10.1. The predicted molar refractivity (Wildman–Crippen MR) is 212 cm³/mol. The highest BCUT2D eigenvalue weighted by atomic mass is 32.2. The van der Waals surface area contributed by atoms with E-state index in [0.717, 1.165) is 23.9 Å². The van der Waals surface area contributed by atoms with Crippen molar-refractivity contribution in [2.75, 3.05) is 26.4 Å². The van der Waals surface area contributed by atoms with Gasteiger partial charge in [-0.3, -0.25) is 4.79 Å². The molecular formula is C44H38N2O9S. The van der Waals surface area contributed by atoms with Crippen LogP contribution in [-0.2, 0) is 28.7 Å². The van der Waals surface area contributed by atoms with E-state index in [-0.39, 0.29) is 30.1 Å². The molecule has 0 atom stereocenters. The summed E-state index contributed by atoms with van der Waals surface area (Å²) < 4.78 is 27.0. The molecule has 4 rings (SSSR count). The Balaban J connectivity index is 1.35. The molecule has 284 valence electrons. The van der Waals surface area contributed by atoms with Gasteiger partial charge in [0, 0.05) is 22.4 Å². The number of rotatable bonds is 20. The maximum Gasteiger partial charge on any atom is 0.354 e. The molecule has 4 aromatic rings. The van der Waals surface area contributed by atoms with Crippen LogP contribution in [0, 0.1) is 22.7 Å². The molecule has 11 nitrogen and oxygen atoms in total. The van der Waals surface area contributed by atoms with Crippen molar-refractivity contribution in [3.05, 3.63) is 133 Å². The van der Waals surface area contributed by atoms with Crippen LogP contribution in [0.5, 0.6) is 17.2 Å². The highest BCUT2D eigenvalue weighted by Crippen LogP contribution is 2.36. The minimum atomic E-state index is -0.857. The summed E-state index contributed by atoms with van der Waals surface area (Å²) in [7, 11) is 0. The molecule has 0 aliphatic carbocycles. The van der Waals surface area contributed by atoms with Gasteiger partial charge in [-0.05, 0) is 103 Å². The minimum Gasteiger partial charge on any atom is -0.494 e. The molecule has 0 aliphatic heterocycles. The van der Waals surface area contributed by atoms with Crippen molar-refractivity contribution in [2.45, 2.75) is 30.6 Å². The number of nitriles is 2. The van der Waals surface area contributed by atoms with Crippen LogP contribution in [0.2, 0.25) is 0 Å². The second-order valence-corrected chi connectivity index (χ2v) is 12.7. The van der Waals surface area contributed by atoms with E-state index in [4.69, 9.17) is 23.7 Å². The topological polar surface area (TPSA) is 162 Å². The third kappa shape index (κ3) is 13.2. The lowest BCUT2D eigenvalue weighted by Crippen LogP contribution is -2.10. The Hall–Kier alpha value is -6.89. The first-order valence-electron chi connectivity index (χ1n) is 17.5. The number of fused-ring (bicyclic) bond motifs is 1. The van der Waals surface area contributed by atoms with Gasteiger partial charge in [0.05, 0.1) is 26.4 Å². The van der Waals surface area contributed by atoms with Crippen molar-refractivity contribution in [1.29, 1.82) is 10.5 Å². The number of unbranched alkanes of at least 4 members (excludes halogenated alkanes) is 2. The summed E-state index contributed by atoms with van der Waals surface area (Å²) in [6, 6.07) is 27.9. The lowest BCUT2D eigenvalue weighted by Gasteiger charge is -2.11. The number of esters is 3. The monoisotopic (exact) mass is 770 g/mol. The molecule has 0 aromatic heterocycles. The van der Waals surface area contributed by atoms with Gasteiger partial charge in [-0.1, -0.05) is 61.7 Å². The van der Waals surface area contributed by atoms with E-state index in [9.17, 15) is 29.7 Å². The number of hydrogen-bond acceptors (Lipinski definition) is 12. The quantitative estimate of drug-likeness (QED) is 0.0211. The molecule has 0 saturated carbocycles. The van der Waals surface area contributed by atoms with E-state index in [1.807, 2.05) is 12.1 Å². The van der Waals surface area contributed by atoms with Crippen LogP contribution < -0.4 is 14.2 Å². The Labute approximate surface area is 329 Å². The van der Waals surface area contributed by atoms with Crippen LogP contribution in [0.3, 0.4) is 0 Å². The Morgan fingerprint density at radius 1 is 0.607 bits per heavy atom. The van der Waals surface area contributed by atoms with Gasteiger partial charge in [0.1, 0.15) is 40.5 Å². The van der Waals surface area contributed by atoms with Crippen LogP contribution in [0.25, 0.3) is 22.9 Å². The van der Waals surface area contributed by atoms with Gasteiger partial charge in [-0.25, -0.2) is 14.4 Å². The number of carbonyl (C=O) groups is 4. The molecule has 0 saturated heterocycles. The molecule has 0 radical (unpaired) electrons. The third-order valence-electron chi connectivity index (χ3n) is 7.75. The molecule has 0 bridgehead atoms. The fraction of sp³-hybridized carbons (Fsp3) is 0.182. The number of ether oxygens (including phenoxy) is 5. The number of benzene rings is 4. The van der Waals surface area contributed by atoms with Gasteiger partial charge in [0.25, 0.3) is 0 Å². The van der Waals surface area contributed by atoms with Crippen molar-refractivity contribution in [3.8, 4) is 29.4 Å². The Bertz CT molecular complexity index is 2040. The Morgan fingerprint density at radius 2 is 1.09 bits per heavy atom. The van der Waals surface area contributed by atoms with Crippen LogP contribution in [0.4, 0.5) is 0 Å². The van der Waals surface area contributed by atoms with Gasteiger partial charge in [0.2, 0.25) is 5.12 Å². The van der Waals surface area contributed by atoms with Gasteiger partial charge in [-0.15, -0.1) is 0 Å². The van der Waals surface area contributed by atoms with Crippen molar-refractivity contribution in [1.82, 2.24) is 0 Å². The summed E-state index contributed by atoms with van der Waals surface area (Å²) in [5.41, 5.74) is 0.928. The molecule has 12 heteroatoms. The predicted octanol–water partition coefficient (Wildman–Crippen LogP) is 8.35. The number of thioether (sulfide) groups is 1. The van der Waals surface area contributed by atoms with Crippen molar-refractivity contribution in [2.24, 2.45) is 0 Å². The van der Waals surface area contributed by atoms with E-state index >= 15 is 0 Å². The molecule has 0 unspecified atom stereocenters. The van der Waals surface area contributed by atoms with Crippen LogP contribution in [0.1, 0.15) is 36.8 Å². The zero-order chi connectivity index (χ0) is 40.1. The average Bonchev–Trinajstić information content (AvgIpc) is 3.22. The summed E-state index contributed by atoms with van der Waals surface area (Å²) in [4.78, 5) is 49.2. The van der Waals surface area contributed by atoms with E-state index in [0.29, 0.717) is 77.2 Å². The van der Waals surface area contributed by atoms with Gasteiger partial charge < -0.3 is 23.7 Å². The molecule has 0 fully saturated rings. The molecule has 0 N–H and O–H groups in total. The SMILES string of the molecule is C=CC(=O)OCCCCOc1ccc(/C=C(\C#N)C(=O)Oc2ccc(SC(=O)/C(C#N)=C/c3ccc(OCCCCOC(=O)C=C)cc3)c3ccccc23)cc1. The van der Waals surface area contributed by atoms with E-state index < -0.39 is 23.0 Å². The zero-order valence-corrected chi connectivity index (χ0v) is 31.3. The zero-order valence-electron chi connectivity index (χ0n) is 30.4. The minimum absolute atomic E-state index is 0.0653. The fourth-order valence-corrected chi connectivity index (χ4v) is 5.75. The van der Waals surface area contributed by atoms with E-state index in [1.54, 1.807) is 84.9 Å². The van der Waals surface area contributed by atoms with Gasteiger partial charge in [-0.2, -0.15) is 10.5 Å². The van der Waals surface area contributed by atoms with E-state index in [1.165, 1.54) is 12.2 Å². The highest BCUT2D eigenvalue weighted by Gasteiger charge is 2.18. The summed E-state index contributed by atoms with van der Waals surface area (Å²) >= 11 is 0.873. The summed E-state index contributed by atoms with van der Waals surface area (Å²) in [5, 5.41) is 20.3.